The van der Waals surface area contributed by atoms with E-state index in [0.29, 0.717) is 12.3 Å². The maximum Gasteiger partial charge on any atom is 0.122 e. The van der Waals surface area contributed by atoms with E-state index in [0.717, 1.165) is 38.6 Å². The lowest BCUT2D eigenvalue weighted by atomic mass is 9.93. The van der Waals surface area contributed by atoms with Crippen LogP contribution in [0.1, 0.15) is 85.5 Å². The highest BCUT2D eigenvalue weighted by molar-refractivity contribution is 5.50. The molecule has 0 aromatic carbocycles. The van der Waals surface area contributed by atoms with Gasteiger partial charge in [-0.3, -0.25) is 0 Å². The van der Waals surface area contributed by atoms with Crippen LogP contribution < -0.4 is 0 Å². The third-order valence-corrected chi connectivity index (χ3v) is 5.01. The average molecular weight is 347 g/mol. The van der Waals surface area contributed by atoms with Crippen LogP contribution >= 0.6 is 0 Å². The summed E-state index contributed by atoms with van der Waals surface area (Å²) < 4.78 is 5.76. The molecule has 1 heterocycles. The van der Waals surface area contributed by atoms with Crippen LogP contribution in [-0.4, -0.2) is 19.0 Å². The Bertz CT molecular complexity index is 458. The Morgan fingerprint density at radius 3 is 2.12 bits per heavy atom. The lowest BCUT2D eigenvalue weighted by molar-refractivity contribution is -0.112. The van der Waals surface area contributed by atoms with Gasteiger partial charge in [-0.1, -0.05) is 34.9 Å². The molecule has 2 heteroatoms. The van der Waals surface area contributed by atoms with Gasteiger partial charge in [-0.05, 0) is 85.0 Å². The first-order valence-corrected chi connectivity index (χ1v) is 10.0. The first kappa shape index (κ1) is 21.9. The standard InChI is InChI=1S/C23H38O2/c1-19(2)8-5-9-20(3)10-6-11-21(4)12-7-13-22-14-15-23(16-17-24)25-18-22/h8,10,12,17,22-23H,5-7,9,11,13-16,18H2,1-4H3/b20-10+,21-12+/t22-,23+/m0/s1. The SMILES string of the molecule is CC(C)=CCC/C(C)=C/CC/C(C)=C/CC[C@H]1CC[C@H](CC=O)OC1. The second-order valence-electron chi connectivity index (χ2n) is 7.84. The molecule has 1 rings (SSSR count). The van der Waals surface area contributed by atoms with Gasteiger partial charge in [0.15, 0.2) is 0 Å². The molecule has 0 spiro atoms. The first-order chi connectivity index (χ1) is 12.0. The number of carbonyl (C=O) groups excluding carboxylic acids is 1. The molecule has 0 aromatic rings. The van der Waals surface area contributed by atoms with Crippen LogP contribution in [0, 0.1) is 5.92 Å². The van der Waals surface area contributed by atoms with E-state index in [1.165, 1.54) is 42.4 Å². The maximum atomic E-state index is 10.5. The first-order valence-electron chi connectivity index (χ1n) is 10.0. The van der Waals surface area contributed by atoms with Crippen molar-refractivity contribution in [1.82, 2.24) is 0 Å². The molecule has 25 heavy (non-hydrogen) atoms. The van der Waals surface area contributed by atoms with Crippen molar-refractivity contribution in [3.8, 4) is 0 Å². The van der Waals surface area contributed by atoms with E-state index in [-0.39, 0.29) is 6.10 Å². The highest BCUT2D eigenvalue weighted by Crippen LogP contribution is 2.24. The van der Waals surface area contributed by atoms with Crippen LogP contribution in [0.5, 0.6) is 0 Å². The van der Waals surface area contributed by atoms with Crippen molar-refractivity contribution in [1.29, 1.82) is 0 Å². The van der Waals surface area contributed by atoms with E-state index in [2.05, 4.69) is 45.9 Å². The molecule has 1 fully saturated rings. The molecular weight excluding hydrogens is 308 g/mol. The Balaban J connectivity index is 2.15. The van der Waals surface area contributed by atoms with Crippen LogP contribution in [0.2, 0.25) is 0 Å². The van der Waals surface area contributed by atoms with Crippen LogP contribution in [-0.2, 0) is 9.53 Å². The minimum absolute atomic E-state index is 0.179. The van der Waals surface area contributed by atoms with Crippen molar-refractivity contribution in [2.24, 2.45) is 5.92 Å². The molecule has 1 saturated heterocycles. The van der Waals surface area contributed by atoms with Gasteiger partial charge < -0.3 is 9.53 Å². The van der Waals surface area contributed by atoms with E-state index in [4.69, 9.17) is 4.74 Å². The summed E-state index contributed by atoms with van der Waals surface area (Å²) in [7, 11) is 0. The minimum atomic E-state index is 0.179. The van der Waals surface area contributed by atoms with Crippen LogP contribution in [0.15, 0.2) is 34.9 Å². The van der Waals surface area contributed by atoms with E-state index in [1.54, 1.807) is 0 Å². The van der Waals surface area contributed by atoms with Gasteiger partial charge in [0.05, 0.1) is 6.10 Å². The van der Waals surface area contributed by atoms with Crippen molar-refractivity contribution in [2.75, 3.05) is 6.61 Å². The van der Waals surface area contributed by atoms with Crippen molar-refractivity contribution in [3.05, 3.63) is 34.9 Å². The Kier molecular flexibility index (Phi) is 11.5. The molecule has 0 aromatic heterocycles. The quantitative estimate of drug-likeness (QED) is 0.312. The average Bonchev–Trinajstić information content (AvgIpc) is 2.56. The molecule has 2 nitrogen and oxygen atoms in total. The zero-order chi connectivity index (χ0) is 18.5. The maximum absolute atomic E-state index is 10.5. The lowest BCUT2D eigenvalue weighted by Gasteiger charge is -2.27. The molecule has 0 bridgehead atoms. The van der Waals surface area contributed by atoms with E-state index < -0.39 is 0 Å². The van der Waals surface area contributed by atoms with Crippen LogP contribution in [0.4, 0.5) is 0 Å². The third kappa shape index (κ3) is 11.1. The van der Waals surface area contributed by atoms with Crippen molar-refractivity contribution < 1.29 is 9.53 Å². The molecule has 1 aliphatic heterocycles. The normalized spacial score (nSPS) is 21.9. The van der Waals surface area contributed by atoms with Crippen LogP contribution in [0.3, 0.4) is 0 Å². The molecule has 0 N–H and O–H groups in total. The monoisotopic (exact) mass is 346 g/mol. The molecule has 1 aliphatic rings. The molecule has 0 radical (unpaired) electrons. The Morgan fingerprint density at radius 1 is 0.920 bits per heavy atom. The third-order valence-electron chi connectivity index (χ3n) is 5.01. The summed E-state index contributed by atoms with van der Waals surface area (Å²) in [5.74, 6) is 0.671. The van der Waals surface area contributed by atoms with Gasteiger partial charge in [0, 0.05) is 13.0 Å². The molecule has 0 unspecified atom stereocenters. The summed E-state index contributed by atoms with van der Waals surface area (Å²) in [6.07, 6.45) is 18.1. The number of allylic oxidation sites excluding steroid dienone is 6. The summed E-state index contributed by atoms with van der Waals surface area (Å²) in [5.41, 5.74) is 4.42. The predicted octanol–water partition coefficient (Wildman–Crippen LogP) is 6.57. The summed E-state index contributed by atoms with van der Waals surface area (Å²) in [6.45, 7) is 9.66. The summed E-state index contributed by atoms with van der Waals surface area (Å²) in [6, 6.07) is 0. The van der Waals surface area contributed by atoms with Gasteiger partial charge in [0.2, 0.25) is 0 Å². The van der Waals surface area contributed by atoms with E-state index in [9.17, 15) is 4.79 Å². The van der Waals surface area contributed by atoms with Gasteiger partial charge in [0.1, 0.15) is 6.29 Å². The van der Waals surface area contributed by atoms with E-state index in [1.807, 2.05) is 0 Å². The van der Waals surface area contributed by atoms with Crippen molar-refractivity contribution >= 4 is 6.29 Å². The summed E-state index contributed by atoms with van der Waals surface area (Å²) >= 11 is 0. The molecule has 142 valence electrons. The fourth-order valence-electron chi connectivity index (χ4n) is 3.29. The largest absolute Gasteiger partial charge is 0.377 e. The molecule has 0 amide bonds. The summed E-state index contributed by atoms with van der Waals surface area (Å²) in [4.78, 5) is 10.5. The topological polar surface area (TPSA) is 26.3 Å². The van der Waals surface area contributed by atoms with Gasteiger partial charge in [-0.2, -0.15) is 0 Å². The van der Waals surface area contributed by atoms with Gasteiger partial charge in [-0.15, -0.1) is 0 Å². The molecular formula is C23H38O2. The Labute approximate surface area is 155 Å². The zero-order valence-electron chi connectivity index (χ0n) is 16.9. The summed E-state index contributed by atoms with van der Waals surface area (Å²) in [5, 5.41) is 0. The highest BCUT2D eigenvalue weighted by Gasteiger charge is 2.20. The fraction of sp³-hybridized carbons (Fsp3) is 0.696. The highest BCUT2D eigenvalue weighted by atomic mass is 16.5. The number of hydrogen-bond donors (Lipinski definition) is 0. The Hall–Kier alpha value is -1.15. The second-order valence-corrected chi connectivity index (χ2v) is 7.84. The number of hydrogen-bond acceptors (Lipinski definition) is 2. The van der Waals surface area contributed by atoms with Gasteiger partial charge in [0.25, 0.3) is 0 Å². The van der Waals surface area contributed by atoms with Crippen molar-refractivity contribution in [2.45, 2.75) is 91.6 Å². The van der Waals surface area contributed by atoms with Crippen LogP contribution in [0.25, 0.3) is 0 Å². The Morgan fingerprint density at radius 2 is 1.56 bits per heavy atom. The minimum Gasteiger partial charge on any atom is -0.377 e. The lowest BCUT2D eigenvalue weighted by Crippen LogP contribution is -2.26. The predicted molar refractivity (Wildman–Crippen MR) is 108 cm³/mol. The fourth-order valence-corrected chi connectivity index (χ4v) is 3.29. The van der Waals surface area contributed by atoms with Gasteiger partial charge in [-0.25, -0.2) is 0 Å². The number of ether oxygens (including phenoxy) is 1. The molecule has 2 atom stereocenters. The number of rotatable bonds is 11. The van der Waals surface area contributed by atoms with E-state index >= 15 is 0 Å². The smallest absolute Gasteiger partial charge is 0.122 e. The van der Waals surface area contributed by atoms with Crippen molar-refractivity contribution in [3.63, 3.8) is 0 Å². The molecule has 0 saturated carbocycles. The van der Waals surface area contributed by atoms with Gasteiger partial charge >= 0.3 is 0 Å². The second kappa shape index (κ2) is 13.1. The number of carbonyl (C=O) groups is 1. The molecule has 0 aliphatic carbocycles. The number of aldehydes is 1. The zero-order valence-corrected chi connectivity index (χ0v) is 16.9.